The van der Waals surface area contributed by atoms with Crippen LogP contribution in [0.4, 0.5) is 0 Å². The molecular formula is C9H16O2S3. The SMILES string of the molecule is C=C(C)SO.C=CCSS(=O)CC=C. The van der Waals surface area contributed by atoms with Crippen LogP contribution in [0, 0.1) is 0 Å². The smallest absolute Gasteiger partial charge is 0.0845 e. The second-order valence-electron chi connectivity index (χ2n) is 2.13. The lowest BCUT2D eigenvalue weighted by atomic mass is 10.8. The minimum absolute atomic E-state index is 0.568. The molecule has 0 aromatic carbocycles. The summed E-state index contributed by atoms with van der Waals surface area (Å²) in [5.41, 5.74) is 0. The fourth-order valence-electron chi connectivity index (χ4n) is 0.268. The van der Waals surface area contributed by atoms with Gasteiger partial charge < -0.3 is 4.55 Å². The zero-order chi connectivity index (χ0) is 11.4. The molecular weight excluding hydrogens is 236 g/mol. The third-order valence-corrected chi connectivity index (χ3v) is 3.79. The molecule has 14 heavy (non-hydrogen) atoms. The molecule has 2 nitrogen and oxygen atoms in total. The standard InChI is InChI=1S/C6H10OS2.C3H6OS/c1-3-5-8-9(7)6-4-2;1-3(2)5-4/h3-4H,1-2,5-6H2;4H,1H2,2H3. The first kappa shape index (κ1) is 16.5. The van der Waals surface area contributed by atoms with Gasteiger partial charge in [0.1, 0.15) is 0 Å². The van der Waals surface area contributed by atoms with Crippen LogP contribution < -0.4 is 0 Å². The van der Waals surface area contributed by atoms with E-state index in [0.717, 1.165) is 10.7 Å². The molecule has 0 aliphatic heterocycles. The van der Waals surface area contributed by atoms with Crippen LogP contribution in [0.3, 0.4) is 0 Å². The van der Waals surface area contributed by atoms with Gasteiger partial charge in [0, 0.05) is 22.7 Å². The van der Waals surface area contributed by atoms with Gasteiger partial charge in [0.25, 0.3) is 0 Å². The largest absolute Gasteiger partial charge is 0.326 e. The number of hydrogen-bond acceptors (Lipinski definition) is 4. The molecule has 0 aliphatic carbocycles. The average molecular weight is 252 g/mol. The number of allylic oxidation sites excluding steroid dienone is 1. The Morgan fingerprint density at radius 1 is 1.50 bits per heavy atom. The van der Waals surface area contributed by atoms with Crippen molar-refractivity contribution in [3.63, 3.8) is 0 Å². The normalized spacial score (nSPS) is 10.7. The highest BCUT2D eigenvalue weighted by molar-refractivity contribution is 8.69. The number of hydrogen-bond donors (Lipinski definition) is 1. The monoisotopic (exact) mass is 252 g/mol. The molecule has 0 bridgehead atoms. The molecule has 1 N–H and O–H groups in total. The van der Waals surface area contributed by atoms with Crippen molar-refractivity contribution in [2.75, 3.05) is 11.5 Å². The molecule has 1 unspecified atom stereocenters. The fourth-order valence-corrected chi connectivity index (χ4v) is 2.13. The Morgan fingerprint density at radius 2 is 2.00 bits per heavy atom. The summed E-state index contributed by atoms with van der Waals surface area (Å²) in [6.07, 6.45) is 3.40. The van der Waals surface area contributed by atoms with E-state index < -0.39 is 9.83 Å². The van der Waals surface area contributed by atoms with Crippen molar-refractivity contribution in [3.05, 3.63) is 36.8 Å². The minimum atomic E-state index is -0.793. The first-order chi connectivity index (χ1) is 6.58. The van der Waals surface area contributed by atoms with Crippen molar-refractivity contribution in [2.24, 2.45) is 0 Å². The molecule has 0 saturated heterocycles. The fraction of sp³-hybridized carbons (Fsp3) is 0.333. The molecule has 0 aromatic rings. The zero-order valence-electron chi connectivity index (χ0n) is 8.27. The molecule has 0 aromatic heterocycles. The maximum atomic E-state index is 10.8. The Hall–Kier alpha value is 0.0300. The van der Waals surface area contributed by atoms with Crippen LogP contribution in [0.2, 0.25) is 0 Å². The van der Waals surface area contributed by atoms with Crippen molar-refractivity contribution in [2.45, 2.75) is 6.92 Å². The lowest BCUT2D eigenvalue weighted by molar-refractivity contribution is 0.669. The van der Waals surface area contributed by atoms with E-state index in [-0.39, 0.29) is 0 Å². The Labute approximate surface area is 96.6 Å². The summed E-state index contributed by atoms with van der Waals surface area (Å²) in [5, 5.41) is 0. The minimum Gasteiger partial charge on any atom is -0.326 e. The van der Waals surface area contributed by atoms with E-state index >= 15 is 0 Å². The van der Waals surface area contributed by atoms with Crippen LogP contribution in [-0.4, -0.2) is 20.3 Å². The average Bonchev–Trinajstić information content (AvgIpc) is 2.16. The van der Waals surface area contributed by atoms with Gasteiger partial charge in [-0.3, -0.25) is 0 Å². The van der Waals surface area contributed by atoms with Gasteiger partial charge in [-0.25, -0.2) is 4.21 Å². The maximum Gasteiger partial charge on any atom is 0.0845 e. The van der Waals surface area contributed by atoms with Crippen LogP contribution in [0.5, 0.6) is 0 Å². The Balaban J connectivity index is 0. The lowest BCUT2D eigenvalue weighted by Crippen LogP contribution is -1.86. The van der Waals surface area contributed by atoms with Gasteiger partial charge in [0.15, 0.2) is 0 Å². The van der Waals surface area contributed by atoms with Crippen LogP contribution >= 0.6 is 22.8 Å². The van der Waals surface area contributed by atoms with E-state index in [9.17, 15) is 4.21 Å². The third-order valence-electron chi connectivity index (χ3n) is 0.727. The van der Waals surface area contributed by atoms with Crippen molar-refractivity contribution >= 4 is 32.7 Å². The summed E-state index contributed by atoms with van der Waals surface area (Å²) in [6, 6.07) is 0. The van der Waals surface area contributed by atoms with E-state index in [2.05, 4.69) is 19.7 Å². The Kier molecular flexibility index (Phi) is 15.3. The van der Waals surface area contributed by atoms with Gasteiger partial charge in [-0.15, -0.1) is 13.2 Å². The first-order valence-corrected chi connectivity index (χ1v) is 7.38. The molecule has 0 rings (SSSR count). The van der Waals surface area contributed by atoms with Crippen molar-refractivity contribution < 1.29 is 8.76 Å². The molecule has 0 radical (unpaired) electrons. The zero-order valence-corrected chi connectivity index (χ0v) is 10.7. The van der Waals surface area contributed by atoms with E-state index in [1.807, 2.05) is 0 Å². The van der Waals surface area contributed by atoms with E-state index in [0.29, 0.717) is 17.8 Å². The van der Waals surface area contributed by atoms with Crippen LogP contribution in [0.15, 0.2) is 36.8 Å². The maximum absolute atomic E-state index is 10.8. The summed E-state index contributed by atoms with van der Waals surface area (Å²) >= 11 is 0.685. The summed E-state index contributed by atoms with van der Waals surface area (Å²) in [7, 11) is 0.591. The molecule has 0 spiro atoms. The van der Waals surface area contributed by atoms with Crippen molar-refractivity contribution in [3.8, 4) is 0 Å². The van der Waals surface area contributed by atoms with Crippen LogP contribution in [-0.2, 0) is 9.83 Å². The van der Waals surface area contributed by atoms with E-state index in [4.69, 9.17) is 4.55 Å². The molecule has 1 atom stereocenters. The summed E-state index contributed by atoms with van der Waals surface area (Å²) < 4.78 is 18.7. The Morgan fingerprint density at radius 3 is 2.29 bits per heavy atom. The van der Waals surface area contributed by atoms with Crippen LogP contribution in [0.1, 0.15) is 6.92 Å². The van der Waals surface area contributed by atoms with Gasteiger partial charge in [-0.05, 0) is 6.92 Å². The summed E-state index contributed by atoms with van der Waals surface area (Å²) in [5.74, 6) is 1.32. The molecule has 0 aliphatic rings. The van der Waals surface area contributed by atoms with Gasteiger partial charge in [-0.1, -0.05) is 29.5 Å². The second kappa shape index (κ2) is 13.0. The molecule has 5 heteroatoms. The summed E-state index contributed by atoms with van der Waals surface area (Å²) in [4.78, 5) is 0.727. The van der Waals surface area contributed by atoms with Gasteiger partial charge in [0.2, 0.25) is 0 Å². The molecule has 0 amide bonds. The predicted octanol–water partition coefficient (Wildman–Crippen LogP) is 3.48. The highest BCUT2D eigenvalue weighted by Gasteiger charge is 1.92. The third kappa shape index (κ3) is 17.9. The highest BCUT2D eigenvalue weighted by atomic mass is 33.1. The lowest BCUT2D eigenvalue weighted by Gasteiger charge is -1.91. The van der Waals surface area contributed by atoms with Crippen molar-refractivity contribution in [1.29, 1.82) is 0 Å². The molecule has 0 fully saturated rings. The molecule has 0 heterocycles. The van der Waals surface area contributed by atoms with E-state index in [1.165, 1.54) is 10.8 Å². The first-order valence-electron chi connectivity index (χ1n) is 3.78. The topological polar surface area (TPSA) is 37.3 Å². The van der Waals surface area contributed by atoms with Gasteiger partial charge in [-0.2, -0.15) is 0 Å². The van der Waals surface area contributed by atoms with E-state index in [1.54, 1.807) is 19.1 Å². The quantitative estimate of drug-likeness (QED) is 0.446. The summed E-state index contributed by atoms with van der Waals surface area (Å²) in [6.45, 7) is 12.1. The molecule has 0 saturated carbocycles. The van der Waals surface area contributed by atoms with Gasteiger partial charge >= 0.3 is 0 Å². The predicted molar refractivity (Wildman–Crippen MR) is 70.9 cm³/mol. The Bertz CT molecular complexity index is 202. The van der Waals surface area contributed by atoms with Crippen molar-refractivity contribution in [1.82, 2.24) is 0 Å². The van der Waals surface area contributed by atoms with Crippen LogP contribution in [0.25, 0.3) is 0 Å². The molecule has 82 valence electrons. The number of rotatable bonds is 6. The second-order valence-corrected chi connectivity index (χ2v) is 6.34. The highest BCUT2D eigenvalue weighted by Crippen LogP contribution is 2.06. The van der Waals surface area contributed by atoms with Gasteiger partial charge in [0.05, 0.1) is 15.6 Å².